The van der Waals surface area contributed by atoms with E-state index in [9.17, 15) is 9.90 Å². The van der Waals surface area contributed by atoms with E-state index in [2.05, 4.69) is 0 Å². The Balaban J connectivity index is 2.43. The van der Waals surface area contributed by atoms with E-state index in [-0.39, 0.29) is 40.6 Å². The van der Waals surface area contributed by atoms with Gasteiger partial charge in [0.15, 0.2) is 17.3 Å². The van der Waals surface area contributed by atoms with Crippen molar-refractivity contribution in [3.05, 3.63) is 52.3 Å². The Kier molecular flexibility index (Phi) is 3.16. The number of fused-ring (bicyclic) bond motifs is 2. The summed E-state index contributed by atoms with van der Waals surface area (Å²) in [6.07, 6.45) is 0.00497. The summed E-state index contributed by atoms with van der Waals surface area (Å²) in [7, 11) is 2.77. The fraction of sp³-hybridized carbons (Fsp3) is 0.250. The lowest BCUT2D eigenvalue weighted by molar-refractivity contribution is 0.0307. The van der Waals surface area contributed by atoms with Crippen LogP contribution in [0.2, 0.25) is 0 Å². The van der Waals surface area contributed by atoms with Crippen LogP contribution < -0.4 is 5.73 Å². The molecule has 0 heterocycles. The number of benzene rings is 1. The van der Waals surface area contributed by atoms with Crippen LogP contribution in [0.3, 0.4) is 0 Å². The number of allylic oxidation sites excluding steroid dienone is 1. The van der Waals surface area contributed by atoms with Gasteiger partial charge in [0.1, 0.15) is 5.76 Å². The standard InChI is InChI=1S/C16H16N2O4/c1-21-15-10(17)7-16(18,22-2)12-11(15)13(19)8-5-3-4-6-9(8)14(12)20/h3-6,17,20H,7,18H2,1-2H3. The van der Waals surface area contributed by atoms with E-state index in [1.807, 2.05) is 0 Å². The van der Waals surface area contributed by atoms with Crippen molar-refractivity contribution >= 4 is 17.3 Å². The van der Waals surface area contributed by atoms with Crippen LogP contribution >= 0.6 is 0 Å². The second-order valence-electron chi connectivity index (χ2n) is 5.26. The fourth-order valence-corrected chi connectivity index (χ4v) is 3.00. The Bertz CT molecular complexity index is 763. The van der Waals surface area contributed by atoms with Crippen LogP contribution in [-0.4, -0.2) is 36.5 Å². The number of methoxy groups -OCH3 is 2. The smallest absolute Gasteiger partial charge is 0.198 e. The highest BCUT2D eigenvalue weighted by Gasteiger charge is 2.48. The number of Topliss-reactive ketones (excluding diaryl/α,β-unsaturated/α-hetero) is 1. The number of rotatable bonds is 2. The molecule has 2 aliphatic carbocycles. The first kappa shape index (κ1) is 14.5. The number of hydrogen-bond acceptors (Lipinski definition) is 6. The van der Waals surface area contributed by atoms with Crippen LogP contribution in [0.4, 0.5) is 0 Å². The molecule has 0 fully saturated rings. The van der Waals surface area contributed by atoms with E-state index in [0.29, 0.717) is 11.1 Å². The molecule has 1 unspecified atom stereocenters. The molecule has 1 aromatic carbocycles. The summed E-state index contributed by atoms with van der Waals surface area (Å²) in [5.74, 6) is -0.327. The molecule has 0 radical (unpaired) electrons. The first-order valence-corrected chi connectivity index (χ1v) is 6.73. The number of carbonyl (C=O) groups excluding carboxylic acids is 1. The van der Waals surface area contributed by atoms with E-state index in [4.69, 9.17) is 20.6 Å². The van der Waals surface area contributed by atoms with E-state index < -0.39 is 5.72 Å². The molecular formula is C16H16N2O4. The summed E-state index contributed by atoms with van der Waals surface area (Å²) < 4.78 is 10.5. The van der Waals surface area contributed by atoms with Crippen molar-refractivity contribution in [1.29, 1.82) is 5.41 Å². The molecule has 1 atom stereocenters. The monoisotopic (exact) mass is 300 g/mol. The molecule has 0 aliphatic heterocycles. The molecule has 0 saturated heterocycles. The second-order valence-corrected chi connectivity index (χ2v) is 5.26. The molecule has 1 aromatic rings. The lowest BCUT2D eigenvalue weighted by Crippen LogP contribution is -2.51. The fourth-order valence-electron chi connectivity index (χ4n) is 3.00. The normalized spacial score (nSPS) is 24.3. The number of hydrogen-bond donors (Lipinski definition) is 3. The maximum Gasteiger partial charge on any atom is 0.198 e. The van der Waals surface area contributed by atoms with E-state index >= 15 is 0 Å². The van der Waals surface area contributed by atoms with Crippen LogP contribution in [0.15, 0.2) is 41.2 Å². The van der Waals surface area contributed by atoms with Gasteiger partial charge in [0.2, 0.25) is 0 Å². The van der Waals surface area contributed by atoms with E-state index in [1.165, 1.54) is 14.2 Å². The Hall–Kier alpha value is -2.44. The summed E-state index contributed by atoms with van der Waals surface area (Å²) in [6, 6.07) is 6.70. The Morgan fingerprint density at radius 2 is 1.91 bits per heavy atom. The molecule has 114 valence electrons. The molecule has 22 heavy (non-hydrogen) atoms. The maximum absolute atomic E-state index is 12.8. The van der Waals surface area contributed by atoms with Crippen LogP contribution in [0.1, 0.15) is 22.3 Å². The van der Waals surface area contributed by atoms with Gasteiger partial charge in [-0.2, -0.15) is 0 Å². The lowest BCUT2D eigenvalue weighted by Gasteiger charge is -2.39. The zero-order valence-corrected chi connectivity index (χ0v) is 12.3. The van der Waals surface area contributed by atoms with Crippen molar-refractivity contribution in [3.8, 4) is 0 Å². The number of carbonyl (C=O) groups is 1. The zero-order chi connectivity index (χ0) is 16.1. The van der Waals surface area contributed by atoms with Gasteiger partial charge in [0.05, 0.1) is 24.0 Å². The predicted octanol–water partition coefficient (Wildman–Crippen LogP) is 1.78. The number of aliphatic hydroxyl groups excluding tert-OH is 1. The summed E-state index contributed by atoms with van der Waals surface area (Å²) in [5, 5.41) is 18.7. The zero-order valence-electron chi connectivity index (χ0n) is 12.3. The number of nitrogens with two attached hydrogens (primary N) is 1. The van der Waals surface area contributed by atoms with Gasteiger partial charge in [-0.05, 0) is 0 Å². The van der Waals surface area contributed by atoms with Gasteiger partial charge in [0.25, 0.3) is 0 Å². The molecule has 3 rings (SSSR count). The highest BCUT2D eigenvalue weighted by molar-refractivity contribution is 6.22. The molecule has 6 nitrogen and oxygen atoms in total. The van der Waals surface area contributed by atoms with Crippen molar-refractivity contribution in [1.82, 2.24) is 0 Å². The third-order valence-electron chi connectivity index (χ3n) is 4.07. The molecule has 0 aromatic heterocycles. The molecule has 0 spiro atoms. The first-order chi connectivity index (χ1) is 10.4. The minimum absolute atomic E-state index is 0.00497. The highest BCUT2D eigenvalue weighted by atomic mass is 16.5. The van der Waals surface area contributed by atoms with Crippen molar-refractivity contribution in [2.45, 2.75) is 12.1 Å². The second kappa shape index (κ2) is 4.79. The Labute approximate surface area is 127 Å². The molecule has 4 N–H and O–H groups in total. The van der Waals surface area contributed by atoms with Gasteiger partial charge in [0, 0.05) is 24.7 Å². The van der Waals surface area contributed by atoms with Crippen LogP contribution in [-0.2, 0) is 9.47 Å². The SMILES string of the molecule is COC1=C2C(=O)c3ccccc3C(O)=C2C(N)(OC)CC1=N. The minimum Gasteiger partial charge on any atom is -0.507 e. The van der Waals surface area contributed by atoms with Crippen molar-refractivity contribution in [2.24, 2.45) is 5.73 Å². The Morgan fingerprint density at radius 1 is 1.27 bits per heavy atom. The summed E-state index contributed by atoms with van der Waals surface area (Å²) >= 11 is 0. The summed E-state index contributed by atoms with van der Waals surface area (Å²) in [5.41, 5.74) is 5.85. The van der Waals surface area contributed by atoms with E-state index in [0.717, 1.165) is 0 Å². The van der Waals surface area contributed by atoms with Gasteiger partial charge in [-0.3, -0.25) is 10.5 Å². The number of nitrogens with one attached hydrogen (secondary N) is 1. The van der Waals surface area contributed by atoms with Gasteiger partial charge in [-0.1, -0.05) is 24.3 Å². The average molecular weight is 300 g/mol. The third kappa shape index (κ3) is 1.74. The molecule has 0 bridgehead atoms. The average Bonchev–Trinajstić information content (AvgIpc) is 2.52. The third-order valence-corrected chi connectivity index (χ3v) is 4.07. The maximum atomic E-state index is 12.8. The van der Waals surface area contributed by atoms with Gasteiger partial charge in [-0.25, -0.2) is 0 Å². The quantitative estimate of drug-likeness (QED) is 0.722. The van der Waals surface area contributed by atoms with Crippen molar-refractivity contribution in [3.63, 3.8) is 0 Å². The molecule has 0 saturated carbocycles. The van der Waals surface area contributed by atoms with Gasteiger partial charge < -0.3 is 20.0 Å². The Morgan fingerprint density at radius 3 is 2.50 bits per heavy atom. The molecule has 6 heteroatoms. The van der Waals surface area contributed by atoms with E-state index in [1.54, 1.807) is 24.3 Å². The van der Waals surface area contributed by atoms with Crippen molar-refractivity contribution in [2.75, 3.05) is 14.2 Å². The highest BCUT2D eigenvalue weighted by Crippen LogP contribution is 2.44. The topological polar surface area (TPSA) is 106 Å². The van der Waals surface area contributed by atoms with Crippen LogP contribution in [0.5, 0.6) is 0 Å². The molecular weight excluding hydrogens is 284 g/mol. The van der Waals surface area contributed by atoms with Crippen LogP contribution in [0, 0.1) is 5.41 Å². The predicted molar refractivity (Wildman–Crippen MR) is 80.6 cm³/mol. The molecule has 2 aliphatic rings. The van der Waals surface area contributed by atoms with Crippen molar-refractivity contribution < 1.29 is 19.4 Å². The molecule has 0 amide bonds. The summed E-state index contributed by atoms with van der Waals surface area (Å²) in [6.45, 7) is 0. The number of ketones is 1. The summed E-state index contributed by atoms with van der Waals surface area (Å²) in [4.78, 5) is 12.8. The minimum atomic E-state index is -1.44. The van der Waals surface area contributed by atoms with Gasteiger partial charge in [-0.15, -0.1) is 0 Å². The number of ether oxygens (including phenoxy) is 2. The lowest BCUT2D eigenvalue weighted by atomic mass is 9.74. The number of aliphatic hydroxyl groups is 1. The first-order valence-electron chi connectivity index (χ1n) is 6.73. The van der Waals surface area contributed by atoms with Crippen LogP contribution in [0.25, 0.3) is 5.76 Å². The van der Waals surface area contributed by atoms with Gasteiger partial charge >= 0.3 is 0 Å². The largest absolute Gasteiger partial charge is 0.507 e.